The Morgan fingerprint density at radius 3 is 2.71 bits per heavy atom. The lowest BCUT2D eigenvalue weighted by Gasteiger charge is -2.33. The van der Waals surface area contributed by atoms with E-state index in [4.69, 9.17) is 0 Å². The monoisotopic (exact) mass is 347 g/mol. The molecule has 1 aromatic heterocycles. The summed E-state index contributed by atoms with van der Waals surface area (Å²) in [5, 5.41) is 3.55. The van der Waals surface area contributed by atoms with Crippen LogP contribution in [-0.2, 0) is 0 Å². The van der Waals surface area contributed by atoms with E-state index in [2.05, 4.69) is 75.1 Å². The molecular weight excluding hydrogens is 326 g/mol. The number of benzene rings is 1. The first-order valence-corrected chi connectivity index (χ1v) is 8.44. The van der Waals surface area contributed by atoms with Crippen LogP contribution in [0.1, 0.15) is 49.4 Å². The van der Waals surface area contributed by atoms with Gasteiger partial charge in [-0.3, -0.25) is 0 Å². The Morgan fingerprint density at radius 2 is 2.00 bits per heavy atom. The van der Waals surface area contributed by atoms with Crippen LogP contribution in [0.2, 0.25) is 0 Å². The predicted octanol–water partition coefficient (Wildman–Crippen LogP) is 4.09. The molecule has 4 heteroatoms. The van der Waals surface area contributed by atoms with Crippen LogP contribution in [-0.4, -0.2) is 22.6 Å². The normalized spacial score (nSPS) is 22.7. The number of halogens is 1. The number of rotatable bonds is 3. The second-order valence-electron chi connectivity index (χ2n) is 6.08. The van der Waals surface area contributed by atoms with Gasteiger partial charge in [0.15, 0.2) is 0 Å². The fraction of sp³-hybridized carbons (Fsp3) is 0.471. The molecule has 0 saturated carbocycles. The van der Waals surface area contributed by atoms with Gasteiger partial charge in [0.2, 0.25) is 0 Å². The molecule has 1 fully saturated rings. The van der Waals surface area contributed by atoms with Crippen LogP contribution in [0.5, 0.6) is 0 Å². The summed E-state index contributed by atoms with van der Waals surface area (Å²) in [6.07, 6.45) is 5.20. The van der Waals surface area contributed by atoms with Crippen molar-refractivity contribution in [2.24, 2.45) is 0 Å². The van der Waals surface area contributed by atoms with Gasteiger partial charge in [0.1, 0.15) is 0 Å². The number of nitrogens with zero attached hydrogens (tertiary/aromatic N) is 2. The van der Waals surface area contributed by atoms with Gasteiger partial charge in [0.25, 0.3) is 0 Å². The maximum absolute atomic E-state index is 4.40. The van der Waals surface area contributed by atoms with E-state index in [9.17, 15) is 0 Å². The molecule has 2 atom stereocenters. The zero-order valence-corrected chi connectivity index (χ0v) is 14.2. The van der Waals surface area contributed by atoms with E-state index in [-0.39, 0.29) is 0 Å². The molecule has 1 N–H and O–H groups in total. The molecule has 0 bridgehead atoms. The molecule has 1 saturated heterocycles. The van der Waals surface area contributed by atoms with Crippen molar-refractivity contribution in [1.29, 1.82) is 0 Å². The minimum absolute atomic E-state index is 0.461. The summed E-state index contributed by atoms with van der Waals surface area (Å²) < 4.78 is 3.46. The summed E-state index contributed by atoms with van der Waals surface area (Å²) in [7, 11) is 0. The molecule has 21 heavy (non-hydrogen) atoms. The van der Waals surface area contributed by atoms with Gasteiger partial charge in [0, 0.05) is 40.8 Å². The van der Waals surface area contributed by atoms with Crippen LogP contribution in [0.25, 0.3) is 0 Å². The van der Waals surface area contributed by atoms with Crippen LogP contribution < -0.4 is 5.32 Å². The number of nitrogens with one attached hydrogen (secondary N) is 1. The van der Waals surface area contributed by atoms with E-state index in [0.717, 1.165) is 17.6 Å². The fourth-order valence-electron chi connectivity index (χ4n) is 3.31. The highest BCUT2D eigenvalue weighted by Crippen LogP contribution is 2.38. The Kier molecular flexibility index (Phi) is 4.45. The number of piperidine rings is 1. The van der Waals surface area contributed by atoms with Crippen LogP contribution in [0.4, 0.5) is 0 Å². The van der Waals surface area contributed by atoms with E-state index >= 15 is 0 Å². The maximum atomic E-state index is 4.40. The van der Waals surface area contributed by atoms with Crippen molar-refractivity contribution in [2.45, 2.75) is 38.1 Å². The number of imidazole rings is 1. The van der Waals surface area contributed by atoms with E-state index in [0.29, 0.717) is 17.9 Å². The second-order valence-corrected chi connectivity index (χ2v) is 6.99. The van der Waals surface area contributed by atoms with Gasteiger partial charge < -0.3 is 9.88 Å². The summed E-state index contributed by atoms with van der Waals surface area (Å²) in [5.41, 5.74) is 2.78. The smallest absolute Gasteiger partial charge is 0.0950 e. The molecule has 0 radical (unpaired) electrons. The summed E-state index contributed by atoms with van der Waals surface area (Å²) in [6, 6.07) is 9.22. The van der Waals surface area contributed by atoms with E-state index in [1.54, 1.807) is 0 Å². The molecule has 0 aliphatic carbocycles. The van der Waals surface area contributed by atoms with Gasteiger partial charge in [-0.1, -0.05) is 28.1 Å². The minimum atomic E-state index is 0.461. The largest absolute Gasteiger partial charge is 0.332 e. The van der Waals surface area contributed by atoms with E-state index in [1.807, 2.05) is 6.33 Å². The Hall–Kier alpha value is -1.13. The molecule has 3 rings (SSSR count). The standard InChI is InChI=1S/C17H22BrN3/c1-12(2)21-11-20-10-17(21)15-7-8-19-9-16(15)13-3-5-14(18)6-4-13/h3-6,10-12,15-16,19H,7-9H2,1-2H3. The van der Waals surface area contributed by atoms with Gasteiger partial charge in [-0.05, 0) is 44.5 Å². The lowest BCUT2D eigenvalue weighted by atomic mass is 9.79. The van der Waals surface area contributed by atoms with Crippen LogP contribution in [0.15, 0.2) is 41.3 Å². The van der Waals surface area contributed by atoms with Crippen molar-refractivity contribution in [3.05, 3.63) is 52.5 Å². The van der Waals surface area contributed by atoms with Crippen molar-refractivity contribution >= 4 is 15.9 Å². The molecule has 112 valence electrons. The first-order valence-electron chi connectivity index (χ1n) is 7.64. The van der Waals surface area contributed by atoms with Gasteiger partial charge in [-0.25, -0.2) is 4.98 Å². The highest BCUT2D eigenvalue weighted by Gasteiger charge is 2.30. The molecule has 1 aromatic carbocycles. The molecule has 2 unspecified atom stereocenters. The zero-order chi connectivity index (χ0) is 14.8. The highest BCUT2D eigenvalue weighted by atomic mass is 79.9. The number of hydrogen-bond donors (Lipinski definition) is 1. The molecule has 1 aliphatic rings. The summed E-state index contributed by atoms with van der Waals surface area (Å²) in [5.74, 6) is 1.05. The zero-order valence-electron chi connectivity index (χ0n) is 12.6. The van der Waals surface area contributed by atoms with Crippen LogP contribution in [0.3, 0.4) is 0 Å². The SMILES string of the molecule is CC(C)n1cncc1C1CCNCC1c1ccc(Br)cc1. The second kappa shape index (κ2) is 6.32. The first-order chi connectivity index (χ1) is 10.2. The third-order valence-electron chi connectivity index (χ3n) is 4.41. The van der Waals surface area contributed by atoms with E-state index in [1.165, 1.54) is 17.7 Å². The number of hydrogen-bond acceptors (Lipinski definition) is 2. The average molecular weight is 348 g/mol. The molecular formula is C17H22BrN3. The van der Waals surface area contributed by atoms with Crippen molar-refractivity contribution in [2.75, 3.05) is 13.1 Å². The average Bonchev–Trinajstić information content (AvgIpc) is 2.98. The summed E-state index contributed by atoms with van der Waals surface area (Å²) in [6.45, 7) is 6.57. The lowest BCUT2D eigenvalue weighted by Crippen LogP contribution is -2.35. The maximum Gasteiger partial charge on any atom is 0.0950 e. The Labute approximate surface area is 134 Å². The first kappa shape index (κ1) is 14.8. The van der Waals surface area contributed by atoms with Crippen molar-refractivity contribution < 1.29 is 0 Å². The fourth-order valence-corrected chi connectivity index (χ4v) is 3.57. The third kappa shape index (κ3) is 3.06. The molecule has 2 aromatic rings. The minimum Gasteiger partial charge on any atom is -0.332 e. The van der Waals surface area contributed by atoms with Crippen molar-refractivity contribution in [3.8, 4) is 0 Å². The Bertz CT molecular complexity index is 588. The topological polar surface area (TPSA) is 29.9 Å². The van der Waals surface area contributed by atoms with Crippen molar-refractivity contribution in [1.82, 2.24) is 14.9 Å². The highest BCUT2D eigenvalue weighted by molar-refractivity contribution is 9.10. The van der Waals surface area contributed by atoms with Crippen LogP contribution in [0, 0.1) is 0 Å². The molecule has 0 spiro atoms. The third-order valence-corrected chi connectivity index (χ3v) is 4.94. The molecule has 0 amide bonds. The Morgan fingerprint density at radius 1 is 1.24 bits per heavy atom. The van der Waals surface area contributed by atoms with E-state index < -0.39 is 0 Å². The van der Waals surface area contributed by atoms with Gasteiger partial charge in [-0.2, -0.15) is 0 Å². The predicted molar refractivity (Wildman–Crippen MR) is 89.7 cm³/mol. The summed E-state index contributed by atoms with van der Waals surface area (Å²) >= 11 is 3.52. The van der Waals surface area contributed by atoms with Crippen LogP contribution >= 0.6 is 15.9 Å². The summed E-state index contributed by atoms with van der Waals surface area (Å²) in [4.78, 5) is 4.40. The molecule has 3 nitrogen and oxygen atoms in total. The lowest BCUT2D eigenvalue weighted by molar-refractivity contribution is 0.381. The quantitative estimate of drug-likeness (QED) is 0.906. The molecule has 2 heterocycles. The number of aromatic nitrogens is 2. The van der Waals surface area contributed by atoms with Gasteiger partial charge in [-0.15, -0.1) is 0 Å². The molecule has 1 aliphatic heterocycles. The van der Waals surface area contributed by atoms with Crippen molar-refractivity contribution in [3.63, 3.8) is 0 Å². The van der Waals surface area contributed by atoms with Gasteiger partial charge >= 0.3 is 0 Å². The van der Waals surface area contributed by atoms with Gasteiger partial charge in [0.05, 0.1) is 6.33 Å². The Balaban J connectivity index is 1.94.